The number of hydrogen-bond donors (Lipinski definition) is 3. The van der Waals surface area contributed by atoms with Crippen LogP contribution in [0, 0.1) is 0 Å². The number of amides is 1. The average molecular weight is 363 g/mol. The van der Waals surface area contributed by atoms with Crippen molar-refractivity contribution in [3.8, 4) is 0 Å². The van der Waals surface area contributed by atoms with Crippen molar-refractivity contribution in [1.82, 2.24) is 15.5 Å². The van der Waals surface area contributed by atoms with Crippen LogP contribution in [0.1, 0.15) is 18.4 Å². The Balaban J connectivity index is 1.51. The van der Waals surface area contributed by atoms with E-state index in [4.69, 9.17) is 5.73 Å². The van der Waals surface area contributed by atoms with Gasteiger partial charge in [-0.15, -0.1) is 0 Å². The second kappa shape index (κ2) is 7.40. The zero-order valence-corrected chi connectivity index (χ0v) is 15.5. The van der Waals surface area contributed by atoms with Crippen LogP contribution in [0.15, 0.2) is 53.7 Å². The largest absolute Gasteiger partial charge is 0.398 e. The lowest BCUT2D eigenvalue weighted by Crippen LogP contribution is -2.46. The molecule has 4 rings (SSSR count). The molecule has 1 atom stereocenters. The topological polar surface area (TPSA) is 82.8 Å². The summed E-state index contributed by atoms with van der Waals surface area (Å²) in [6.07, 6.45) is 5.55. The lowest BCUT2D eigenvalue weighted by atomic mass is 10.0. The Bertz CT molecular complexity index is 912. The van der Waals surface area contributed by atoms with Crippen molar-refractivity contribution in [3.05, 3.63) is 54.2 Å². The van der Waals surface area contributed by atoms with Gasteiger partial charge in [0.2, 0.25) is 5.91 Å². The van der Waals surface area contributed by atoms with Crippen LogP contribution in [0.4, 0.5) is 5.69 Å². The highest BCUT2D eigenvalue weighted by molar-refractivity contribution is 6.06. The summed E-state index contributed by atoms with van der Waals surface area (Å²) in [5, 5.41) is 8.38. The molecule has 1 unspecified atom stereocenters. The first-order valence-electron chi connectivity index (χ1n) is 9.39. The average Bonchev–Trinajstić information content (AvgIpc) is 2.70. The summed E-state index contributed by atoms with van der Waals surface area (Å²) in [4.78, 5) is 19.6. The van der Waals surface area contributed by atoms with Crippen LogP contribution in [0.3, 0.4) is 0 Å². The highest BCUT2D eigenvalue weighted by Crippen LogP contribution is 2.22. The summed E-state index contributed by atoms with van der Waals surface area (Å²) < 4.78 is 0. The highest BCUT2D eigenvalue weighted by atomic mass is 16.2. The van der Waals surface area contributed by atoms with E-state index in [1.807, 2.05) is 36.4 Å². The maximum atomic E-state index is 12.7. The van der Waals surface area contributed by atoms with Crippen LogP contribution < -0.4 is 16.4 Å². The predicted molar refractivity (Wildman–Crippen MR) is 110 cm³/mol. The van der Waals surface area contributed by atoms with Gasteiger partial charge in [-0.2, -0.15) is 0 Å². The van der Waals surface area contributed by atoms with Crippen LogP contribution in [-0.2, 0) is 4.79 Å². The maximum absolute atomic E-state index is 12.7. The molecule has 0 aromatic heterocycles. The standard InChI is InChI=1S/C21H25N5O/c1-26-11-8-16(9-12-26)24-21(27)19-7-10-23-20(25-19)15-6-5-14-3-2-4-18(22)17(14)13-15/h2-7,10,13,16,19H,8-9,11-12,22H2,1H3,(H,23,25)(H,24,27). The van der Waals surface area contributed by atoms with Gasteiger partial charge in [-0.3, -0.25) is 9.79 Å². The monoisotopic (exact) mass is 363 g/mol. The number of benzene rings is 2. The summed E-state index contributed by atoms with van der Waals surface area (Å²) in [7, 11) is 2.11. The third kappa shape index (κ3) is 3.80. The molecule has 2 aromatic rings. The number of amidine groups is 1. The Labute approximate surface area is 159 Å². The zero-order chi connectivity index (χ0) is 18.8. The number of likely N-dealkylation sites (tertiary alicyclic amines) is 1. The van der Waals surface area contributed by atoms with Crippen molar-refractivity contribution in [2.75, 3.05) is 25.9 Å². The van der Waals surface area contributed by atoms with E-state index in [9.17, 15) is 4.79 Å². The van der Waals surface area contributed by atoms with Gasteiger partial charge in [0.05, 0.1) is 0 Å². The lowest BCUT2D eigenvalue weighted by molar-refractivity contribution is -0.122. The summed E-state index contributed by atoms with van der Waals surface area (Å²) in [6, 6.07) is 11.6. The fraction of sp³-hybridized carbons (Fsp3) is 0.333. The molecular weight excluding hydrogens is 338 g/mol. The van der Waals surface area contributed by atoms with E-state index in [1.54, 1.807) is 12.3 Å². The Morgan fingerprint density at radius 2 is 2.07 bits per heavy atom. The first-order valence-corrected chi connectivity index (χ1v) is 9.39. The minimum atomic E-state index is -0.510. The van der Waals surface area contributed by atoms with Gasteiger partial charge in [-0.05, 0) is 56.6 Å². The lowest BCUT2D eigenvalue weighted by Gasteiger charge is -2.30. The second-order valence-corrected chi connectivity index (χ2v) is 7.30. The number of anilines is 1. The molecule has 0 saturated carbocycles. The van der Waals surface area contributed by atoms with Crippen molar-refractivity contribution < 1.29 is 4.79 Å². The Kier molecular flexibility index (Phi) is 4.81. The molecule has 27 heavy (non-hydrogen) atoms. The second-order valence-electron chi connectivity index (χ2n) is 7.30. The number of fused-ring (bicyclic) bond motifs is 1. The fourth-order valence-electron chi connectivity index (χ4n) is 3.63. The Morgan fingerprint density at radius 3 is 2.89 bits per heavy atom. The van der Waals surface area contributed by atoms with Crippen LogP contribution in [0.5, 0.6) is 0 Å². The molecule has 1 saturated heterocycles. The normalized spacial score (nSPS) is 20.9. The third-order valence-electron chi connectivity index (χ3n) is 5.29. The molecule has 0 aliphatic carbocycles. The minimum Gasteiger partial charge on any atom is -0.398 e. The molecule has 1 amide bonds. The first kappa shape index (κ1) is 17.5. The van der Waals surface area contributed by atoms with E-state index in [1.165, 1.54) is 0 Å². The van der Waals surface area contributed by atoms with E-state index in [2.05, 4.69) is 27.6 Å². The molecule has 0 radical (unpaired) electrons. The number of nitrogens with zero attached hydrogens (tertiary/aromatic N) is 2. The molecule has 2 aliphatic heterocycles. The summed E-state index contributed by atoms with van der Waals surface area (Å²) in [6.45, 7) is 2.03. The predicted octanol–water partition coefficient (Wildman–Crippen LogP) is 1.86. The molecule has 0 spiro atoms. The van der Waals surface area contributed by atoms with Crippen molar-refractivity contribution in [2.45, 2.75) is 24.9 Å². The number of hydrogen-bond acceptors (Lipinski definition) is 5. The number of nitrogens with one attached hydrogen (secondary N) is 2. The van der Waals surface area contributed by atoms with Crippen molar-refractivity contribution >= 4 is 28.2 Å². The number of piperidine rings is 1. The van der Waals surface area contributed by atoms with Crippen LogP contribution in [-0.4, -0.2) is 48.9 Å². The van der Waals surface area contributed by atoms with Gasteiger partial charge < -0.3 is 21.3 Å². The molecule has 140 valence electrons. The molecule has 6 heteroatoms. The van der Waals surface area contributed by atoms with Crippen molar-refractivity contribution in [1.29, 1.82) is 0 Å². The molecule has 6 nitrogen and oxygen atoms in total. The van der Waals surface area contributed by atoms with Crippen LogP contribution in [0.2, 0.25) is 0 Å². The summed E-state index contributed by atoms with van der Waals surface area (Å²) in [5.41, 5.74) is 7.75. The van der Waals surface area contributed by atoms with Gasteiger partial charge in [0.15, 0.2) is 6.04 Å². The number of nitrogen functional groups attached to an aromatic ring is 1. The molecule has 1 fully saturated rings. The van der Waals surface area contributed by atoms with E-state index in [0.717, 1.165) is 48.0 Å². The maximum Gasteiger partial charge on any atom is 0.249 e. The highest BCUT2D eigenvalue weighted by Gasteiger charge is 2.24. The van der Waals surface area contributed by atoms with E-state index in [0.29, 0.717) is 5.84 Å². The van der Waals surface area contributed by atoms with Gasteiger partial charge in [0.25, 0.3) is 0 Å². The van der Waals surface area contributed by atoms with Gasteiger partial charge >= 0.3 is 0 Å². The molecule has 4 N–H and O–H groups in total. The van der Waals surface area contributed by atoms with E-state index in [-0.39, 0.29) is 11.9 Å². The van der Waals surface area contributed by atoms with Crippen LogP contribution >= 0.6 is 0 Å². The van der Waals surface area contributed by atoms with Gasteiger partial charge in [-0.1, -0.05) is 24.3 Å². The molecule has 2 heterocycles. The summed E-state index contributed by atoms with van der Waals surface area (Å²) >= 11 is 0. The molecule has 0 bridgehead atoms. The Hall–Kier alpha value is -2.86. The SMILES string of the molecule is CN1CCC(NC(=O)C2C=CNC(c3ccc4cccc(N)c4c3)=N2)CC1. The van der Waals surface area contributed by atoms with Gasteiger partial charge in [-0.25, -0.2) is 0 Å². The quantitative estimate of drug-likeness (QED) is 0.727. The van der Waals surface area contributed by atoms with Gasteiger partial charge in [0, 0.05) is 28.9 Å². The molecule has 2 aromatic carbocycles. The third-order valence-corrected chi connectivity index (χ3v) is 5.29. The number of nitrogens with two attached hydrogens (primary N) is 1. The number of carbonyl (C=O) groups is 1. The fourth-order valence-corrected chi connectivity index (χ4v) is 3.63. The first-order chi connectivity index (χ1) is 13.1. The number of carbonyl (C=O) groups excluding carboxylic acids is 1. The van der Waals surface area contributed by atoms with Crippen molar-refractivity contribution in [2.24, 2.45) is 4.99 Å². The van der Waals surface area contributed by atoms with Crippen molar-refractivity contribution in [3.63, 3.8) is 0 Å². The van der Waals surface area contributed by atoms with E-state index >= 15 is 0 Å². The minimum absolute atomic E-state index is 0.0416. The van der Waals surface area contributed by atoms with Gasteiger partial charge in [0.1, 0.15) is 5.84 Å². The smallest absolute Gasteiger partial charge is 0.249 e. The summed E-state index contributed by atoms with van der Waals surface area (Å²) in [5.74, 6) is 0.645. The number of aliphatic imine (C=N–C) groups is 1. The molecule has 2 aliphatic rings. The zero-order valence-electron chi connectivity index (χ0n) is 15.5. The van der Waals surface area contributed by atoms with E-state index < -0.39 is 6.04 Å². The molecular formula is C21H25N5O. The Morgan fingerprint density at radius 1 is 1.26 bits per heavy atom. The number of rotatable bonds is 3. The van der Waals surface area contributed by atoms with Crippen LogP contribution in [0.25, 0.3) is 10.8 Å².